The molecule has 0 N–H and O–H groups in total. The van der Waals surface area contributed by atoms with Gasteiger partial charge in [0, 0.05) is 17.0 Å². The number of carbonyl (C=O) groups excluding carboxylic acids is 2. The quantitative estimate of drug-likeness (QED) is 0.365. The van der Waals surface area contributed by atoms with Gasteiger partial charge < -0.3 is 23.7 Å². The molecule has 168 valence electrons. The van der Waals surface area contributed by atoms with Crippen LogP contribution in [0.3, 0.4) is 0 Å². The van der Waals surface area contributed by atoms with Gasteiger partial charge in [0.1, 0.15) is 11.5 Å². The third-order valence-electron chi connectivity index (χ3n) is 5.66. The summed E-state index contributed by atoms with van der Waals surface area (Å²) < 4.78 is 27.8. The van der Waals surface area contributed by atoms with E-state index in [2.05, 4.69) is 13.8 Å². The lowest BCUT2D eigenvalue weighted by atomic mass is 9.84. The van der Waals surface area contributed by atoms with Crippen LogP contribution < -0.4 is 23.7 Å². The van der Waals surface area contributed by atoms with E-state index in [1.54, 1.807) is 37.5 Å². The first-order valence-electron chi connectivity index (χ1n) is 10.5. The molecule has 1 atom stereocenters. The number of allylic oxidation sites excluding steroid dienone is 1. The summed E-state index contributed by atoms with van der Waals surface area (Å²) in [6, 6.07) is 6.83. The van der Waals surface area contributed by atoms with E-state index in [1.807, 2.05) is 0 Å². The number of benzene rings is 2. The molecule has 2 heterocycles. The predicted octanol–water partition coefficient (Wildman–Crippen LogP) is 4.77. The molecule has 0 aromatic heterocycles. The van der Waals surface area contributed by atoms with Crippen molar-refractivity contribution in [3.8, 4) is 28.7 Å². The second-order valence-corrected chi connectivity index (χ2v) is 8.22. The number of ketones is 1. The topological polar surface area (TPSA) is 80.3 Å². The molecule has 7 nitrogen and oxygen atoms in total. The number of fused-ring (bicyclic) bond motifs is 3. The summed E-state index contributed by atoms with van der Waals surface area (Å²) >= 11 is 0. The molecule has 2 aliphatic rings. The van der Waals surface area contributed by atoms with Crippen LogP contribution in [0.15, 0.2) is 30.0 Å². The second kappa shape index (κ2) is 8.57. The molecule has 2 aliphatic heterocycles. The molecule has 0 saturated carbocycles. The average molecular weight is 438 g/mol. The van der Waals surface area contributed by atoms with E-state index in [0.717, 1.165) is 12.0 Å². The largest absolute Gasteiger partial charge is 0.493 e. The summed E-state index contributed by atoms with van der Waals surface area (Å²) in [5, 5.41) is 0. The van der Waals surface area contributed by atoms with E-state index in [1.165, 1.54) is 14.2 Å². The molecule has 1 unspecified atom stereocenters. The predicted molar refractivity (Wildman–Crippen MR) is 118 cm³/mol. The maximum absolute atomic E-state index is 13.2. The zero-order valence-electron chi connectivity index (χ0n) is 18.8. The van der Waals surface area contributed by atoms with Crippen LogP contribution in [0.1, 0.15) is 54.1 Å². The van der Waals surface area contributed by atoms with E-state index in [4.69, 9.17) is 23.7 Å². The highest BCUT2D eigenvalue weighted by atomic mass is 16.5. The third-order valence-corrected chi connectivity index (χ3v) is 5.66. The van der Waals surface area contributed by atoms with Gasteiger partial charge in [0.05, 0.1) is 33.3 Å². The molecule has 0 aliphatic carbocycles. The van der Waals surface area contributed by atoms with Gasteiger partial charge in [-0.15, -0.1) is 0 Å². The Kier molecular flexibility index (Phi) is 5.82. The monoisotopic (exact) mass is 438 g/mol. The lowest BCUT2D eigenvalue weighted by molar-refractivity contribution is -0.136. The number of methoxy groups -OCH3 is 3. The normalized spacial score (nSPS) is 18.2. The van der Waals surface area contributed by atoms with E-state index in [0.29, 0.717) is 45.8 Å². The lowest BCUT2D eigenvalue weighted by Crippen LogP contribution is -2.21. The molecule has 0 radical (unpaired) electrons. The number of esters is 1. The van der Waals surface area contributed by atoms with Gasteiger partial charge in [0.2, 0.25) is 11.5 Å². The van der Waals surface area contributed by atoms with E-state index in [-0.39, 0.29) is 29.9 Å². The second-order valence-electron chi connectivity index (χ2n) is 8.22. The molecule has 0 saturated heterocycles. The zero-order chi connectivity index (χ0) is 23.0. The maximum Gasteiger partial charge on any atom is 0.311 e. The summed E-state index contributed by atoms with van der Waals surface area (Å²) in [5.41, 5.74) is 1.85. The molecule has 4 rings (SSSR count). The molecule has 0 spiro atoms. The van der Waals surface area contributed by atoms with Crippen LogP contribution in [0.4, 0.5) is 0 Å². The first-order valence-corrected chi connectivity index (χ1v) is 10.5. The van der Waals surface area contributed by atoms with Gasteiger partial charge in [-0.3, -0.25) is 9.59 Å². The molecule has 0 bridgehead atoms. The molecule has 2 aromatic carbocycles. The van der Waals surface area contributed by atoms with Crippen LogP contribution in [-0.4, -0.2) is 33.1 Å². The first kappa shape index (κ1) is 21.7. The smallest absolute Gasteiger partial charge is 0.311 e. The SMILES string of the molecule is COc1ccc(C=C2Oc3c(ccc4c3C(CC(C)C)CC(=O)O4)C2=O)c(OC)c1OC. The highest BCUT2D eigenvalue weighted by Crippen LogP contribution is 2.49. The minimum atomic E-state index is -0.266. The average Bonchev–Trinajstić information content (AvgIpc) is 3.07. The van der Waals surface area contributed by atoms with Gasteiger partial charge in [-0.1, -0.05) is 13.8 Å². The number of carbonyl (C=O) groups is 2. The minimum absolute atomic E-state index is 0.0658. The molecule has 2 aromatic rings. The Morgan fingerprint density at radius 3 is 2.41 bits per heavy atom. The molecule has 7 heteroatoms. The molecular formula is C25H26O7. The minimum Gasteiger partial charge on any atom is -0.493 e. The van der Waals surface area contributed by atoms with Crippen LogP contribution in [0.2, 0.25) is 0 Å². The van der Waals surface area contributed by atoms with Gasteiger partial charge in [0.25, 0.3) is 0 Å². The van der Waals surface area contributed by atoms with Gasteiger partial charge >= 0.3 is 5.97 Å². The van der Waals surface area contributed by atoms with Crippen LogP contribution in [0, 0.1) is 5.92 Å². The zero-order valence-corrected chi connectivity index (χ0v) is 18.8. The lowest BCUT2D eigenvalue weighted by Gasteiger charge is -2.27. The number of hydrogen-bond donors (Lipinski definition) is 0. The number of ether oxygens (including phenoxy) is 5. The Hall–Kier alpha value is -3.48. The van der Waals surface area contributed by atoms with Gasteiger partial charge in [-0.25, -0.2) is 0 Å². The summed E-state index contributed by atoms with van der Waals surface area (Å²) in [4.78, 5) is 25.3. The van der Waals surface area contributed by atoms with Gasteiger partial charge in [0.15, 0.2) is 17.3 Å². The summed E-state index contributed by atoms with van der Waals surface area (Å²) in [7, 11) is 4.58. The first-order chi connectivity index (χ1) is 15.4. The standard InChI is InChI=1S/C25H26O7/c1-13(2)10-15-12-20(26)31-17-9-7-16-22(27)19(32-24(16)21(15)17)11-14-6-8-18(28-3)25(30-5)23(14)29-4/h6-9,11,13,15H,10,12H2,1-5H3. The Balaban J connectivity index is 1.78. The van der Waals surface area contributed by atoms with Crippen LogP contribution >= 0.6 is 0 Å². The highest BCUT2D eigenvalue weighted by molar-refractivity contribution is 6.15. The van der Waals surface area contributed by atoms with Crippen LogP contribution in [-0.2, 0) is 4.79 Å². The molecule has 0 amide bonds. The van der Waals surface area contributed by atoms with Gasteiger partial charge in [-0.05, 0) is 42.7 Å². The van der Waals surface area contributed by atoms with Crippen molar-refractivity contribution < 1.29 is 33.3 Å². The van der Waals surface area contributed by atoms with E-state index in [9.17, 15) is 9.59 Å². The third kappa shape index (κ3) is 3.68. The van der Waals surface area contributed by atoms with Crippen LogP contribution in [0.25, 0.3) is 6.08 Å². The maximum atomic E-state index is 13.2. The van der Waals surface area contributed by atoms with Crippen molar-refractivity contribution in [1.29, 1.82) is 0 Å². The molecular weight excluding hydrogens is 412 g/mol. The highest BCUT2D eigenvalue weighted by Gasteiger charge is 2.38. The Labute approximate surface area is 186 Å². The number of Topliss-reactive ketones (excluding diaryl/α,β-unsaturated/α-hetero) is 1. The van der Waals surface area contributed by atoms with E-state index < -0.39 is 0 Å². The van der Waals surface area contributed by atoms with Crippen molar-refractivity contribution >= 4 is 17.8 Å². The number of rotatable bonds is 6. The number of hydrogen-bond acceptors (Lipinski definition) is 7. The molecule has 32 heavy (non-hydrogen) atoms. The van der Waals surface area contributed by atoms with Crippen LogP contribution in [0.5, 0.6) is 28.7 Å². The Morgan fingerprint density at radius 2 is 1.75 bits per heavy atom. The fourth-order valence-electron chi connectivity index (χ4n) is 4.35. The Bertz CT molecular complexity index is 1110. The van der Waals surface area contributed by atoms with Crippen molar-refractivity contribution in [3.05, 3.63) is 46.7 Å². The van der Waals surface area contributed by atoms with Crippen molar-refractivity contribution in [2.75, 3.05) is 21.3 Å². The van der Waals surface area contributed by atoms with Crippen molar-refractivity contribution in [1.82, 2.24) is 0 Å². The fourth-order valence-corrected chi connectivity index (χ4v) is 4.35. The summed E-state index contributed by atoms with van der Waals surface area (Å²) in [6.07, 6.45) is 2.68. The van der Waals surface area contributed by atoms with Gasteiger partial charge in [-0.2, -0.15) is 0 Å². The van der Waals surface area contributed by atoms with Crippen molar-refractivity contribution in [2.45, 2.75) is 32.6 Å². The Morgan fingerprint density at radius 1 is 1.00 bits per heavy atom. The van der Waals surface area contributed by atoms with E-state index >= 15 is 0 Å². The summed E-state index contributed by atoms with van der Waals surface area (Å²) in [5.74, 6) is 2.27. The van der Waals surface area contributed by atoms with Crippen molar-refractivity contribution in [3.63, 3.8) is 0 Å². The molecule has 0 fully saturated rings. The van der Waals surface area contributed by atoms with Crippen molar-refractivity contribution in [2.24, 2.45) is 5.92 Å². The fraction of sp³-hybridized carbons (Fsp3) is 0.360. The summed E-state index contributed by atoms with van der Waals surface area (Å²) in [6.45, 7) is 4.20.